The van der Waals surface area contributed by atoms with E-state index in [4.69, 9.17) is 30.9 Å². The standard InChI is InChI=1S/2C14H30N2.2CHO.Ru/c2*1-9-11(3)15-12(14(7,8)10-2)16-13(4,5)6;2*1-2;/h2*11-12H,9-10H2,1-8H3;2*1H;/q2*-2;2*-1;+6. The molecule has 4 unspecified atom stereocenters. The van der Waals surface area contributed by atoms with Crippen LogP contribution in [0.5, 0.6) is 0 Å². The van der Waals surface area contributed by atoms with Gasteiger partial charge in [-0.15, -0.1) is 23.2 Å². The summed E-state index contributed by atoms with van der Waals surface area (Å²) in [5.74, 6) is 0. The topological polar surface area (TPSA) is 90.5 Å². The number of rotatable bonds is 12. The summed E-state index contributed by atoms with van der Waals surface area (Å²) < 4.78 is 0. The molecule has 0 bridgehead atoms. The van der Waals surface area contributed by atoms with Crippen molar-refractivity contribution in [1.29, 1.82) is 0 Å². The van der Waals surface area contributed by atoms with Gasteiger partial charge in [0, 0.05) is 0 Å². The molecule has 0 saturated carbocycles. The number of carbonyl (C=O) groups excluding carboxylic acids is 2. The quantitative estimate of drug-likeness (QED) is 0.125. The van der Waals surface area contributed by atoms with Crippen LogP contribution < -0.4 is 0 Å². The Labute approximate surface area is 246 Å². The van der Waals surface area contributed by atoms with Gasteiger partial charge >= 0.3 is 19.5 Å². The first-order valence-corrected chi connectivity index (χ1v) is 13.6. The molecule has 0 aromatic heterocycles. The summed E-state index contributed by atoms with van der Waals surface area (Å²) in [6, 6.07) is 0.809. The average Bonchev–Trinajstić information content (AvgIpc) is 2.79. The van der Waals surface area contributed by atoms with Crippen LogP contribution in [0.1, 0.15) is 136 Å². The smallest absolute Gasteiger partial charge is 0.675 e. The van der Waals surface area contributed by atoms with Gasteiger partial charge in [0.05, 0.1) is 0 Å². The average molecular weight is 612 g/mol. The summed E-state index contributed by atoms with van der Waals surface area (Å²) >= 11 is 0. The van der Waals surface area contributed by atoms with E-state index in [-0.39, 0.29) is 53.7 Å². The molecule has 0 radical (unpaired) electrons. The van der Waals surface area contributed by atoms with Gasteiger partial charge in [-0.2, -0.15) is 0 Å². The fraction of sp³-hybridized carbons (Fsp3) is 0.933. The largest absolute Gasteiger partial charge is 6.00 e. The second kappa shape index (κ2) is 22.6. The summed E-state index contributed by atoms with van der Waals surface area (Å²) in [6.07, 6.45) is 4.64. The zero-order valence-corrected chi connectivity index (χ0v) is 29.0. The minimum Gasteiger partial charge on any atom is -0.675 e. The van der Waals surface area contributed by atoms with Crippen LogP contribution in [0.4, 0.5) is 0 Å². The zero-order valence-electron chi connectivity index (χ0n) is 27.3. The molecule has 0 spiro atoms. The fourth-order valence-electron chi connectivity index (χ4n) is 2.61. The van der Waals surface area contributed by atoms with Crippen LogP contribution in [-0.2, 0) is 29.1 Å². The van der Waals surface area contributed by atoms with Gasteiger partial charge in [-0.05, 0) is 0 Å². The number of hydrogen-bond donors (Lipinski definition) is 0. The first-order valence-electron chi connectivity index (χ1n) is 13.6. The van der Waals surface area contributed by atoms with Crippen molar-refractivity contribution in [2.24, 2.45) is 10.8 Å². The molecule has 222 valence electrons. The van der Waals surface area contributed by atoms with Crippen LogP contribution in [0, 0.1) is 10.8 Å². The van der Waals surface area contributed by atoms with E-state index in [9.17, 15) is 0 Å². The zero-order chi connectivity index (χ0) is 30.0. The van der Waals surface area contributed by atoms with Gasteiger partial charge in [0.15, 0.2) is 0 Å². The van der Waals surface area contributed by atoms with Crippen LogP contribution in [0.2, 0.25) is 0 Å². The van der Waals surface area contributed by atoms with Crippen molar-refractivity contribution in [3.8, 4) is 0 Å². The normalized spacial score (nSPS) is 15.1. The second-order valence-electron chi connectivity index (χ2n) is 12.8. The molecule has 0 amide bonds. The third-order valence-electron chi connectivity index (χ3n) is 6.21. The number of nitrogens with zero attached hydrogens (tertiary/aromatic N) is 4. The maximum absolute atomic E-state index is 7.75. The maximum Gasteiger partial charge on any atom is 6.00 e. The van der Waals surface area contributed by atoms with Crippen molar-refractivity contribution in [2.75, 3.05) is 0 Å². The number of hydrogen-bond acceptors (Lipinski definition) is 2. The Morgan fingerprint density at radius 3 is 0.892 bits per heavy atom. The van der Waals surface area contributed by atoms with Gasteiger partial charge in [-0.25, -0.2) is 12.3 Å². The molecule has 0 heterocycles. The fourth-order valence-corrected chi connectivity index (χ4v) is 2.61. The first kappa shape index (κ1) is 46.6. The molecule has 4 atom stereocenters. The molecule has 0 aliphatic rings. The Balaban J connectivity index is -0.000000158. The van der Waals surface area contributed by atoms with Crippen molar-refractivity contribution in [3.63, 3.8) is 0 Å². The third kappa shape index (κ3) is 25.8. The van der Waals surface area contributed by atoms with E-state index in [2.05, 4.69) is 124 Å². The van der Waals surface area contributed by atoms with E-state index in [1.165, 1.54) is 0 Å². The predicted octanol–water partition coefficient (Wildman–Crippen LogP) is 9.64. The second-order valence-corrected chi connectivity index (χ2v) is 12.8. The van der Waals surface area contributed by atoms with Crippen LogP contribution in [0.3, 0.4) is 0 Å². The van der Waals surface area contributed by atoms with Crippen molar-refractivity contribution in [3.05, 3.63) is 21.3 Å². The molecule has 0 aliphatic carbocycles. The Kier molecular flexibility index (Phi) is 28.5. The Morgan fingerprint density at radius 1 is 0.541 bits per heavy atom. The molecule has 0 N–H and O–H groups in total. The van der Waals surface area contributed by atoms with Gasteiger partial charge < -0.3 is 30.9 Å². The van der Waals surface area contributed by atoms with Gasteiger partial charge in [0.25, 0.3) is 0 Å². The Hall–Kier alpha value is -0.197. The van der Waals surface area contributed by atoms with Gasteiger partial charge in [0.1, 0.15) is 0 Å². The van der Waals surface area contributed by atoms with Crippen molar-refractivity contribution >= 4 is 13.6 Å². The molecule has 0 rings (SSSR count). The molecule has 0 fully saturated rings. The van der Waals surface area contributed by atoms with E-state index in [1.807, 2.05) is 0 Å². The van der Waals surface area contributed by atoms with Crippen LogP contribution in [0.25, 0.3) is 21.3 Å². The molecule has 7 heteroatoms. The SMILES string of the molecule is CCC(C)[N-]C([N-]C(C)(C)C)C(C)(C)CC.CCC(C)[N-]C([N-]C(C)(C)C)C(C)(C)CC.[CH-]=O.[CH-]=O.[Ru+6]. The van der Waals surface area contributed by atoms with Crippen LogP contribution in [-0.4, -0.2) is 49.1 Å². The predicted molar refractivity (Wildman–Crippen MR) is 162 cm³/mol. The van der Waals surface area contributed by atoms with Crippen molar-refractivity contribution in [2.45, 2.75) is 172 Å². The minimum absolute atomic E-state index is 0. The monoisotopic (exact) mass is 612 g/mol. The molecule has 0 saturated heterocycles. The van der Waals surface area contributed by atoms with E-state index in [1.54, 1.807) is 0 Å². The van der Waals surface area contributed by atoms with Gasteiger partial charge in [-0.1, -0.05) is 147 Å². The summed E-state index contributed by atoms with van der Waals surface area (Å²) in [5, 5.41) is 19.5. The molecule has 0 aromatic rings. The van der Waals surface area contributed by atoms with Gasteiger partial charge in [0.2, 0.25) is 0 Å². The maximum atomic E-state index is 7.75. The van der Waals surface area contributed by atoms with Crippen LogP contribution in [0.15, 0.2) is 0 Å². The molecule has 37 heavy (non-hydrogen) atoms. The first-order chi connectivity index (χ1) is 16.2. The summed E-state index contributed by atoms with van der Waals surface area (Å²) in [5.41, 5.74) is 0.315. The van der Waals surface area contributed by atoms with Crippen molar-refractivity contribution < 1.29 is 29.1 Å². The minimum atomic E-state index is -0.00588. The van der Waals surface area contributed by atoms with Gasteiger partial charge in [-0.3, -0.25) is 13.6 Å². The molecule has 0 aromatic carbocycles. The van der Waals surface area contributed by atoms with Crippen molar-refractivity contribution in [1.82, 2.24) is 0 Å². The molecular formula is C30H62N4O2Ru. The Morgan fingerprint density at radius 2 is 0.757 bits per heavy atom. The summed E-state index contributed by atoms with van der Waals surface area (Å²) in [4.78, 5) is 15.5. The molecule has 6 nitrogen and oxygen atoms in total. The van der Waals surface area contributed by atoms with Crippen LogP contribution >= 0.6 is 0 Å². The molecule has 0 aliphatic heterocycles. The van der Waals surface area contributed by atoms with E-state index in [0.717, 1.165) is 25.7 Å². The third-order valence-corrected chi connectivity index (χ3v) is 6.21. The van der Waals surface area contributed by atoms with E-state index in [0.29, 0.717) is 12.1 Å². The summed E-state index contributed by atoms with van der Waals surface area (Å²) in [7, 11) is 0. The molecular weight excluding hydrogens is 549 g/mol. The Bertz CT molecular complexity index is 471. The van der Waals surface area contributed by atoms with E-state index < -0.39 is 0 Å². The van der Waals surface area contributed by atoms with E-state index >= 15 is 0 Å². The summed E-state index contributed by atoms with van der Waals surface area (Å²) in [6.45, 7) is 41.6.